The standard InChI is InChI=1S/C20H19NO5S/c1-26-20(25)16-15(12-7-3-2-4-8-12)11-27-18(16)21-17(22)13-9-5-6-10-14(13)19(23)24/h2-8,11,13-14H,9-10H2,1H3,(H,21,22)(H,23,24)/p-1/t13-,14+/m1/s1. The topological polar surface area (TPSA) is 95.5 Å². The van der Waals surface area contributed by atoms with Gasteiger partial charge in [0.05, 0.1) is 13.0 Å². The molecule has 0 aliphatic heterocycles. The summed E-state index contributed by atoms with van der Waals surface area (Å²) in [5.41, 5.74) is 1.74. The minimum absolute atomic E-state index is 0.254. The predicted octanol–water partition coefficient (Wildman–Crippen LogP) is 2.47. The first kappa shape index (κ1) is 18.8. The van der Waals surface area contributed by atoms with Crippen molar-refractivity contribution in [1.82, 2.24) is 0 Å². The Morgan fingerprint density at radius 2 is 1.78 bits per heavy atom. The number of rotatable bonds is 5. The number of nitrogens with one attached hydrogen (secondary N) is 1. The number of hydrogen-bond donors (Lipinski definition) is 1. The Balaban J connectivity index is 1.92. The number of aliphatic carboxylic acids is 1. The molecule has 1 aliphatic rings. The van der Waals surface area contributed by atoms with Crippen molar-refractivity contribution >= 4 is 34.2 Å². The summed E-state index contributed by atoms with van der Waals surface area (Å²) >= 11 is 1.20. The number of carboxylic acid groups (broad SMARTS) is 1. The van der Waals surface area contributed by atoms with Crippen LogP contribution in [0, 0.1) is 11.8 Å². The van der Waals surface area contributed by atoms with Crippen LogP contribution in [-0.2, 0) is 14.3 Å². The molecule has 1 aliphatic carbocycles. The van der Waals surface area contributed by atoms with Gasteiger partial charge in [-0.15, -0.1) is 11.3 Å². The van der Waals surface area contributed by atoms with Crippen LogP contribution in [0.3, 0.4) is 0 Å². The Labute approximate surface area is 160 Å². The molecule has 1 N–H and O–H groups in total. The van der Waals surface area contributed by atoms with Gasteiger partial charge in [0.1, 0.15) is 10.6 Å². The van der Waals surface area contributed by atoms with Gasteiger partial charge in [-0.25, -0.2) is 4.79 Å². The number of methoxy groups -OCH3 is 1. The Hall–Kier alpha value is -2.93. The smallest absolute Gasteiger partial charge is 0.341 e. The lowest BCUT2D eigenvalue weighted by Gasteiger charge is -2.28. The number of carbonyl (C=O) groups excluding carboxylic acids is 3. The summed E-state index contributed by atoms with van der Waals surface area (Å²) in [6.45, 7) is 0. The number of ether oxygens (including phenoxy) is 1. The lowest BCUT2D eigenvalue weighted by Crippen LogP contribution is -2.41. The highest BCUT2D eigenvalue weighted by Gasteiger charge is 2.31. The molecule has 0 fully saturated rings. The molecule has 7 heteroatoms. The van der Waals surface area contributed by atoms with E-state index in [0.29, 0.717) is 17.0 Å². The maximum atomic E-state index is 12.7. The molecule has 1 aromatic carbocycles. The molecule has 1 amide bonds. The lowest BCUT2D eigenvalue weighted by molar-refractivity contribution is -0.313. The summed E-state index contributed by atoms with van der Waals surface area (Å²) in [5.74, 6) is -3.88. The van der Waals surface area contributed by atoms with Crippen LogP contribution >= 0.6 is 11.3 Å². The van der Waals surface area contributed by atoms with Gasteiger partial charge < -0.3 is 20.0 Å². The van der Waals surface area contributed by atoms with Gasteiger partial charge in [0.15, 0.2) is 0 Å². The number of allylic oxidation sites excluding steroid dienone is 2. The second kappa shape index (κ2) is 8.18. The van der Waals surface area contributed by atoms with E-state index in [9.17, 15) is 19.5 Å². The van der Waals surface area contributed by atoms with E-state index in [1.54, 1.807) is 17.5 Å². The Morgan fingerprint density at radius 1 is 1.11 bits per heavy atom. The summed E-state index contributed by atoms with van der Waals surface area (Å²) in [4.78, 5) is 36.4. The molecule has 2 aromatic rings. The van der Waals surface area contributed by atoms with E-state index in [1.165, 1.54) is 18.4 Å². The van der Waals surface area contributed by atoms with Gasteiger partial charge >= 0.3 is 5.97 Å². The Kier molecular flexibility index (Phi) is 5.71. The van der Waals surface area contributed by atoms with E-state index in [2.05, 4.69) is 5.32 Å². The number of esters is 1. The van der Waals surface area contributed by atoms with E-state index in [4.69, 9.17) is 4.74 Å². The third-order valence-electron chi connectivity index (χ3n) is 4.57. The van der Waals surface area contributed by atoms with Crippen LogP contribution in [0.4, 0.5) is 5.00 Å². The molecule has 1 aromatic heterocycles. The van der Waals surface area contributed by atoms with E-state index in [-0.39, 0.29) is 12.0 Å². The zero-order chi connectivity index (χ0) is 19.4. The lowest BCUT2D eigenvalue weighted by atomic mass is 9.82. The second-order valence-corrected chi connectivity index (χ2v) is 7.05. The van der Waals surface area contributed by atoms with Gasteiger partial charge in [0.25, 0.3) is 0 Å². The molecular weight excluding hydrogens is 366 g/mol. The highest BCUT2D eigenvalue weighted by molar-refractivity contribution is 7.15. The average Bonchev–Trinajstić information content (AvgIpc) is 3.11. The number of benzene rings is 1. The quantitative estimate of drug-likeness (QED) is 0.631. The van der Waals surface area contributed by atoms with Crippen molar-refractivity contribution in [3.63, 3.8) is 0 Å². The minimum atomic E-state index is -1.25. The molecule has 3 rings (SSSR count). The third-order valence-corrected chi connectivity index (χ3v) is 5.47. The SMILES string of the molecule is COC(=O)c1c(-c2ccccc2)csc1NC(=O)[C@@H]1CC=CC[C@@H]1C(=O)[O-]. The van der Waals surface area contributed by atoms with E-state index in [1.807, 2.05) is 30.3 Å². The summed E-state index contributed by atoms with van der Waals surface area (Å²) in [7, 11) is 1.28. The molecule has 140 valence electrons. The van der Waals surface area contributed by atoms with Crippen LogP contribution in [0.2, 0.25) is 0 Å². The molecule has 6 nitrogen and oxygen atoms in total. The molecule has 2 atom stereocenters. The van der Waals surface area contributed by atoms with Crippen molar-refractivity contribution in [3.8, 4) is 11.1 Å². The van der Waals surface area contributed by atoms with Crippen LogP contribution in [0.1, 0.15) is 23.2 Å². The number of carboxylic acids is 1. The zero-order valence-corrected chi connectivity index (χ0v) is 15.5. The highest BCUT2D eigenvalue weighted by Crippen LogP contribution is 2.37. The van der Waals surface area contributed by atoms with Crippen molar-refractivity contribution in [3.05, 3.63) is 53.4 Å². The maximum absolute atomic E-state index is 12.7. The molecule has 27 heavy (non-hydrogen) atoms. The van der Waals surface area contributed by atoms with Crippen LogP contribution in [-0.4, -0.2) is 25.0 Å². The van der Waals surface area contributed by atoms with E-state index < -0.39 is 29.7 Å². The molecule has 0 spiro atoms. The summed E-state index contributed by atoms with van der Waals surface area (Å²) in [5, 5.41) is 16.2. The van der Waals surface area contributed by atoms with E-state index >= 15 is 0 Å². The van der Waals surface area contributed by atoms with Crippen molar-refractivity contribution < 1.29 is 24.2 Å². The van der Waals surface area contributed by atoms with Gasteiger partial charge in [0.2, 0.25) is 5.91 Å². The normalized spacial score (nSPS) is 18.7. The van der Waals surface area contributed by atoms with Crippen LogP contribution < -0.4 is 10.4 Å². The fourth-order valence-electron chi connectivity index (χ4n) is 3.15. The molecule has 0 radical (unpaired) electrons. The number of hydrogen-bond acceptors (Lipinski definition) is 6. The third kappa shape index (κ3) is 3.93. The number of anilines is 1. The zero-order valence-electron chi connectivity index (χ0n) is 14.6. The van der Waals surface area contributed by atoms with Crippen molar-refractivity contribution in [1.29, 1.82) is 0 Å². The van der Waals surface area contributed by atoms with Crippen LogP contribution in [0.25, 0.3) is 11.1 Å². The van der Waals surface area contributed by atoms with Crippen LogP contribution in [0.15, 0.2) is 47.9 Å². The fourth-order valence-corrected chi connectivity index (χ4v) is 4.11. The average molecular weight is 384 g/mol. The number of carbonyl (C=O) groups is 3. The molecule has 0 unspecified atom stereocenters. The Morgan fingerprint density at radius 3 is 2.41 bits per heavy atom. The van der Waals surface area contributed by atoms with E-state index in [0.717, 1.165) is 5.56 Å². The first-order chi connectivity index (χ1) is 13.0. The number of thiophene rings is 1. The summed E-state index contributed by atoms with van der Waals surface area (Å²) < 4.78 is 4.88. The summed E-state index contributed by atoms with van der Waals surface area (Å²) in [6.07, 6.45) is 4.09. The van der Waals surface area contributed by atoms with Gasteiger partial charge in [-0.1, -0.05) is 42.5 Å². The fraction of sp³-hybridized carbons (Fsp3) is 0.250. The van der Waals surface area contributed by atoms with Crippen molar-refractivity contribution in [2.45, 2.75) is 12.8 Å². The molecule has 0 saturated carbocycles. The van der Waals surface area contributed by atoms with Crippen LogP contribution in [0.5, 0.6) is 0 Å². The van der Waals surface area contributed by atoms with Gasteiger partial charge in [-0.05, 0) is 18.4 Å². The van der Waals surface area contributed by atoms with Crippen molar-refractivity contribution in [2.24, 2.45) is 11.8 Å². The maximum Gasteiger partial charge on any atom is 0.341 e. The van der Waals surface area contributed by atoms with Gasteiger partial charge in [-0.2, -0.15) is 0 Å². The largest absolute Gasteiger partial charge is 0.550 e. The molecular formula is C20H18NO5S-. The van der Waals surface area contributed by atoms with Gasteiger partial charge in [0, 0.05) is 22.8 Å². The number of amides is 1. The first-order valence-corrected chi connectivity index (χ1v) is 9.32. The molecule has 0 bridgehead atoms. The monoisotopic (exact) mass is 384 g/mol. The highest BCUT2D eigenvalue weighted by atomic mass is 32.1. The molecule has 1 heterocycles. The Bertz CT molecular complexity index is 887. The molecule has 0 saturated heterocycles. The van der Waals surface area contributed by atoms with Crippen molar-refractivity contribution in [2.75, 3.05) is 12.4 Å². The predicted molar refractivity (Wildman–Crippen MR) is 100 cm³/mol. The summed E-state index contributed by atoms with van der Waals surface area (Å²) in [6, 6.07) is 9.29. The second-order valence-electron chi connectivity index (χ2n) is 6.18. The van der Waals surface area contributed by atoms with Gasteiger partial charge in [-0.3, -0.25) is 4.79 Å². The minimum Gasteiger partial charge on any atom is -0.550 e. The first-order valence-electron chi connectivity index (χ1n) is 8.45.